The van der Waals surface area contributed by atoms with E-state index in [1.807, 2.05) is 0 Å². The van der Waals surface area contributed by atoms with Crippen LogP contribution in [0.2, 0.25) is 0 Å². The zero-order valence-corrected chi connectivity index (χ0v) is 8.41. The zero-order chi connectivity index (χ0) is 6.41. The first kappa shape index (κ1) is 8.30. The molecule has 0 N–H and O–H groups in total. The summed E-state index contributed by atoms with van der Waals surface area (Å²) in [5, 5.41) is 0. The van der Waals surface area contributed by atoms with Gasteiger partial charge in [-0.2, -0.15) is 0 Å². The van der Waals surface area contributed by atoms with E-state index in [0.29, 0.717) is 0 Å². The van der Waals surface area contributed by atoms with Gasteiger partial charge in [0.2, 0.25) is 0 Å². The summed E-state index contributed by atoms with van der Waals surface area (Å²) in [4.78, 5) is 0. The fourth-order valence-corrected chi connectivity index (χ4v) is 0.713. The molecule has 46 valence electrons. The van der Waals surface area contributed by atoms with E-state index in [0.717, 1.165) is 6.42 Å². The summed E-state index contributed by atoms with van der Waals surface area (Å²) < 4.78 is 1.55. The SMILES string of the molecule is CC/C=C/[C](=[W])CC. The third kappa shape index (κ3) is 4.46. The average molecular weight is 280 g/mol. The summed E-state index contributed by atoms with van der Waals surface area (Å²) in [6, 6.07) is 0. The van der Waals surface area contributed by atoms with Gasteiger partial charge in [-0.3, -0.25) is 0 Å². The summed E-state index contributed by atoms with van der Waals surface area (Å²) >= 11 is 1.60. The molecule has 0 aromatic heterocycles. The molecule has 0 fully saturated rings. The van der Waals surface area contributed by atoms with Gasteiger partial charge in [-0.25, -0.2) is 0 Å². The average Bonchev–Trinajstić information content (AvgIpc) is 1.83. The van der Waals surface area contributed by atoms with Crippen molar-refractivity contribution in [3.63, 3.8) is 0 Å². The first-order valence-corrected chi connectivity index (χ1v) is 4.47. The van der Waals surface area contributed by atoms with Crippen molar-refractivity contribution in [3.05, 3.63) is 12.2 Å². The van der Waals surface area contributed by atoms with E-state index in [4.69, 9.17) is 0 Å². The normalized spacial score (nSPS) is 10.2. The van der Waals surface area contributed by atoms with E-state index in [-0.39, 0.29) is 0 Å². The maximum absolute atomic E-state index is 2.23. The Hall–Kier alpha value is 0.298. The Bertz CT molecular complexity index is 92.6. The topological polar surface area (TPSA) is 0 Å². The van der Waals surface area contributed by atoms with Gasteiger partial charge in [0.1, 0.15) is 0 Å². The second kappa shape index (κ2) is 5.44. The molecule has 0 spiro atoms. The van der Waals surface area contributed by atoms with E-state index in [1.165, 1.54) is 6.42 Å². The fraction of sp³-hybridized carbons (Fsp3) is 0.571. The van der Waals surface area contributed by atoms with Gasteiger partial charge in [-0.15, -0.1) is 0 Å². The van der Waals surface area contributed by atoms with Gasteiger partial charge in [0, 0.05) is 0 Å². The minimum atomic E-state index is 1.16. The Morgan fingerprint density at radius 1 is 1.50 bits per heavy atom. The monoisotopic (exact) mass is 280 g/mol. The van der Waals surface area contributed by atoms with Crippen molar-refractivity contribution in [2.75, 3.05) is 0 Å². The summed E-state index contributed by atoms with van der Waals surface area (Å²) in [5.74, 6) is 0. The van der Waals surface area contributed by atoms with Crippen molar-refractivity contribution >= 4 is 3.90 Å². The van der Waals surface area contributed by atoms with E-state index in [1.54, 1.807) is 23.3 Å². The quantitative estimate of drug-likeness (QED) is 0.742. The first-order chi connectivity index (χ1) is 3.81. The Balaban J connectivity index is 3.37. The number of hydrogen-bond donors (Lipinski definition) is 0. The molecule has 0 saturated heterocycles. The third-order valence-electron chi connectivity index (χ3n) is 0.888. The summed E-state index contributed by atoms with van der Waals surface area (Å²) in [6.07, 6.45) is 6.82. The van der Waals surface area contributed by atoms with Crippen LogP contribution >= 0.6 is 0 Å². The van der Waals surface area contributed by atoms with Crippen molar-refractivity contribution in [2.45, 2.75) is 26.7 Å². The van der Waals surface area contributed by atoms with Crippen LogP contribution in [-0.2, 0) is 19.4 Å². The molecule has 0 atom stereocenters. The summed E-state index contributed by atoms with van der Waals surface area (Å²) in [5.41, 5.74) is 0. The molecule has 0 bridgehead atoms. The Kier molecular flexibility index (Phi) is 5.64. The van der Waals surface area contributed by atoms with Crippen LogP contribution in [0.5, 0.6) is 0 Å². The van der Waals surface area contributed by atoms with Gasteiger partial charge >= 0.3 is 62.1 Å². The van der Waals surface area contributed by atoms with Gasteiger partial charge in [0.05, 0.1) is 0 Å². The van der Waals surface area contributed by atoms with Crippen LogP contribution in [-0.4, -0.2) is 3.90 Å². The van der Waals surface area contributed by atoms with Crippen LogP contribution in [0.3, 0.4) is 0 Å². The molecule has 0 aromatic rings. The third-order valence-corrected chi connectivity index (χ3v) is 2.41. The molecular weight excluding hydrogens is 268 g/mol. The van der Waals surface area contributed by atoms with Crippen LogP contribution in [0, 0.1) is 0 Å². The number of rotatable bonds is 3. The van der Waals surface area contributed by atoms with Gasteiger partial charge in [-0.1, -0.05) is 0 Å². The summed E-state index contributed by atoms with van der Waals surface area (Å²) in [6.45, 7) is 4.36. The van der Waals surface area contributed by atoms with Crippen molar-refractivity contribution < 1.29 is 19.4 Å². The second-order valence-electron chi connectivity index (χ2n) is 1.63. The number of hydrogen-bond acceptors (Lipinski definition) is 0. The van der Waals surface area contributed by atoms with Crippen LogP contribution < -0.4 is 0 Å². The van der Waals surface area contributed by atoms with Crippen molar-refractivity contribution in [3.8, 4) is 0 Å². The maximum atomic E-state index is 2.23. The predicted molar refractivity (Wildman–Crippen MR) is 34.7 cm³/mol. The standard InChI is InChI=1S/C7H12.W/c1-3-5-7-6-4-2;/h5,7H,3-4H2,1-2H3;/b7-5+;. The molecule has 0 rings (SSSR count). The molecule has 0 unspecified atom stereocenters. The van der Waals surface area contributed by atoms with Gasteiger partial charge in [0.15, 0.2) is 0 Å². The van der Waals surface area contributed by atoms with Gasteiger partial charge in [0.25, 0.3) is 0 Å². The zero-order valence-electron chi connectivity index (χ0n) is 5.48. The molecule has 1 heteroatoms. The first-order valence-electron chi connectivity index (χ1n) is 3.00. The van der Waals surface area contributed by atoms with Crippen LogP contribution in [0.25, 0.3) is 0 Å². The summed E-state index contributed by atoms with van der Waals surface area (Å²) in [7, 11) is 0. The van der Waals surface area contributed by atoms with Crippen LogP contribution in [0.1, 0.15) is 26.7 Å². The molecule has 0 saturated carbocycles. The predicted octanol–water partition coefficient (Wildman–Crippen LogP) is 2.08. The Labute approximate surface area is 62.4 Å². The van der Waals surface area contributed by atoms with Gasteiger partial charge in [-0.05, 0) is 0 Å². The van der Waals surface area contributed by atoms with Crippen LogP contribution in [0.15, 0.2) is 12.2 Å². The number of allylic oxidation sites excluding steroid dienone is 2. The van der Waals surface area contributed by atoms with Gasteiger partial charge < -0.3 is 0 Å². The van der Waals surface area contributed by atoms with E-state index >= 15 is 0 Å². The van der Waals surface area contributed by atoms with Crippen molar-refractivity contribution in [1.82, 2.24) is 0 Å². The van der Waals surface area contributed by atoms with E-state index in [2.05, 4.69) is 26.0 Å². The van der Waals surface area contributed by atoms with E-state index in [9.17, 15) is 0 Å². The molecule has 0 aliphatic carbocycles. The molecule has 0 nitrogen and oxygen atoms in total. The molecular formula is C7H12W. The van der Waals surface area contributed by atoms with Crippen molar-refractivity contribution in [1.29, 1.82) is 0 Å². The molecule has 8 heavy (non-hydrogen) atoms. The molecule has 0 aromatic carbocycles. The Morgan fingerprint density at radius 2 is 2.12 bits per heavy atom. The molecule has 0 radical (unpaired) electrons. The fourth-order valence-electron chi connectivity index (χ4n) is 0.367. The Morgan fingerprint density at radius 3 is 2.50 bits per heavy atom. The molecule has 0 aliphatic heterocycles. The molecule has 0 amide bonds. The minimum absolute atomic E-state index is 1.16. The second-order valence-corrected chi connectivity index (χ2v) is 3.51. The molecule has 0 heterocycles. The van der Waals surface area contributed by atoms with Crippen LogP contribution in [0.4, 0.5) is 0 Å². The van der Waals surface area contributed by atoms with E-state index < -0.39 is 0 Å². The molecule has 0 aliphatic rings. The van der Waals surface area contributed by atoms with Crippen molar-refractivity contribution in [2.24, 2.45) is 0 Å².